The minimum Gasteiger partial charge on any atom is -0.260 e. The van der Waals surface area contributed by atoms with Crippen LogP contribution in [0.1, 0.15) is 30.0 Å². The SMILES string of the molecule is C/C(=N\Nc1csc(-c2ccc3c(c2)CCC3)n1)c1ccc(Cl)cc1. The van der Waals surface area contributed by atoms with Crippen molar-refractivity contribution in [1.29, 1.82) is 0 Å². The summed E-state index contributed by atoms with van der Waals surface area (Å²) in [7, 11) is 0. The molecule has 1 aliphatic rings. The maximum atomic E-state index is 5.92. The molecule has 3 aromatic rings. The van der Waals surface area contributed by atoms with Crippen LogP contribution in [0.2, 0.25) is 5.02 Å². The van der Waals surface area contributed by atoms with Gasteiger partial charge in [-0.1, -0.05) is 35.9 Å². The number of aryl methyl sites for hydroxylation is 2. The Balaban J connectivity index is 1.50. The number of nitrogens with one attached hydrogen (secondary N) is 1. The third kappa shape index (κ3) is 3.60. The van der Waals surface area contributed by atoms with Gasteiger partial charge in [0.2, 0.25) is 0 Å². The molecule has 3 nitrogen and oxygen atoms in total. The lowest BCUT2D eigenvalue weighted by Gasteiger charge is -2.02. The Kier molecular flexibility index (Phi) is 4.55. The maximum absolute atomic E-state index is 5.92. The van der Waals surface area contributed by atoms with Crippen LogP contribution in [0.4, 0.5) is 5.82 Å². The second kappa shape index (κ2) is 6.98. The topological polar surface area (TPSA) is 37.3 Å². The lowest BCUT2D eigenvalue weighted by Crippen LogP contribution is -1.99. The van der Waals surface area contributed by atoms with E-state index in [2.05, 4.69) is 33.7 Å². The van der Waals surface area contributed by atoms with Crippen molar-refractivity contribution in [3.63, 3.8) is 0 Å². The lowest BCUT2D eigenvalue weighted by atomic mass is 10.1. The summed E-state index contributed by atoms with van der Waals surface area (Å²) in [5.74, 6) is 0.772. The first-order valence-electron chi connectivity index (χ1n) is 8.33. The van der Waals surface area contributed by atoms with E-state index in [9.17, 15) is 0 Å². The second-order valence-corrected chi connectivity index (χ2v) is 7.49. The van der Waals surface area contributed by atoms with E-state index in [1.165, 1.54) is 36.0 Å². The van der Waals surface area contributed by atoms with Gasteiger partial charge >= 0.3 is 0 Å². The average molecular weight is 368 g/mol. The number of hydrogen-bond donors (Lipinski definition) is 1. The van der Waals surface area contributed by atoms with E-state index < -0.39 is 0 Å². The fourth-order valence-electron chi connectivity index (χ4n) is 3.06. The number of hydrazone groups is 1. The van der Waals surface area contributed by atoms with Crippen LogP contribution in [0, 0.1) is 0 Å². The van der Waals surface area contributed by atoms with Crippen LogP contribution in [0.5, 0.6) is 0 Å². The molecule has 0 bridgehead atoms. The molecule has 1 N–H and O–H groups in total. The maximum Gasteiger partial charge on any atom is 0.157 e. The van der Waals surface area contributed by atoms with Crippen molar-refractivity contribution in [3.8, 4) is 10.6 Å². The molecule has 1 aromatic heterocycles. The van der Waals surface area contributed by atoms with Crippen molar-refractivity contribution in [2.45, 2.75) is 26.2 Å². The average Bonchev–Trinajstić information content (AvgIpc) is 3.28. The molecule has 0 atom stereocenters. The van der Waals surface area contributed by atoms with Gasteiger partial charge in [-0.25, -0.2) is 4.98 Å². The number of anilines is 1. The van der Waals surface area contributed by atoms with Crippen LogP contribution in [-0.2, 0) is 12.8 Å². The van der Waals surface area contributed by atoms with E-state index >= 15 is 0 Å². The summed E-state index contributed by atoms with van der Waals surface area (Å²) >= 11 is 7.56. The monoisotopic (exact) mass is 367 g/mol. The molecule has 0 aliphatic heterocycles. The van der Waals surface area contributed by atoms with Crippen LogP contribution in [0.15, 0.2) is 52.9 Å². The molecular formula is C20H18ClN3S. The van der Waals surface area contributed by atoms with Crippen molar-refractivity contribution in [2.24, 2.45) is 5.10 Å². The fraction of sp³-hybridized carbons (Fsp3) is 0.200. The van der Waals surface area contributed by atoms with Gasteiger partial charge < -0.3 is 0 Å². The van der Waals surface area contributed by atoms with E-state index in [0.29, 0.717) is 0 Å². The van der Waals surface area contributed by atoms with Crippen molar-refractivity contribution in [2.75, 3.05) is 5.43 Å². The van der Waals surface area contributed by atoms with Gasteiger partial charge in [0.1, 0.15) is 5.01 Å². The van der Waals surface area contributed by atoms with Crippen LogP contribution in [-0.4, -0.2) is 10.7 Å². The zero-order valence-electron chi connectivity index (χ0n) is 13.9. The second-order valence-electron chi connectivity index (χ2n) is 6.19. The number of fused-ring (bicyclic) bond motifs is 1. The van der Waals surface area contributed by atoms with Crippen molar-refractivity contribution >= 4 is 34.5 Å². The molecule has 25 heavy (non-hydrogen) atoms. The minimum absolute atomic E-state index is 0.725. The molecule has 126 valence electrons. The largest absolute Gasteiger partial charge is 0.260 e. The minimum atomic E-state index is 0.725. The van der Waals surface area contributed by atoms with E-state index in [1.54, 1.807) is 11.3 Å². The quantitative estimate of drug-likeness (QED) is 0.468. The Hall–Kier alpha value is -2.17. The van der Waals surface area contributed by atoms with E-state index in [1.807, 2.05) is 36.6 Å². The summed E-state index contributed by atoms with van der Waals surface area (Å²) in [6.07, 6.45) is 3.66. The highest BCUT2D eigenvalue weighted by Gasteiger charge is 2.13. The zero-order valence-corrected chi connectivity index (χ0v) is 15.5. The molecular weight excluding hydrogens is 350 g/mol. The number of hydrogen-bond acceptors (Lipinski definition) is 4. The molecule has 4 rings (SSSR count). The molecule has 1 heterocycles. The number of nitrogens with zero attached hydrogens (tertiary/aromatic N) is 2. The molecule has 0 spiro atoms. The van der Waals surface area contributed by atoms with Gasteiger partial charge in [0, 0.05) is 16.0 Å². The number of benzene rings is 2. The van der Waals surface area contributed by atoms with Gasteiger partial charge in [-0.05, 0) is 61.1 Å². The Bertz CT molecular complexity index is 928. The Morgan fingerprint density at radius 3 is 2.76 bits per heavy atom. The standard InChI is InChI=1S/C20H18ClN3S/c1-13(14-7-9-18(21)10-8-14)23-24-19-12-25-20(22-19)17-6-5-15-3-2-4-16(15)11-17/h5-12,24H,2-4H2,1H3/b23-13+. The Labute approximate surface area is 156 Å². The first kappa shape index (κ1) is 16.3. The highest BCUT2D eigenvalue weighted by atomic mass is 35.5. The van der Waals surface area contributed by atoms with Gasteiger partial charge in [-0.3, -0.25) is 5.43 Å². The van der Waals surface area contributed by atoms with Gasteiger partial charge in [0.05, 0.1) is 5.71 Å². The smallest absolute Gasteiger partial charge is 0.157 e. The molecule has 0 saturated carbocycles. The van der Waals surface area contributed by atoms with Crippen molar-refractivity contribution in [1.82, 2.24) is 4.98 Å². The first-order valence-corrected chi connectivity index (χ1v) is 9.59. The third-order valence-electron chi connectivity index (χ3n) is 4.45. The molecule has 0 amide bonds. The van der Waals surface area contributed by atoms with Gasteiger partial charge in [0.25, 0.3) is 0 Å². The first-order chi connectivity index (χ1) is 12.2. The lowest BCUT2D eigenvalue weighted by molar-refractivity contribution is 0.912. The number of halogens is 1. The van der Waals surface area contributed by atoms with Gasteiger partial charge in [0.15, 0.2) is 5.82 Å². The molecule has 0 unspecified atom stereocenters. The van der Waals surface area contributed by atoms with E-state index in [-0.39, 0.29) is 0 Å². The third-order valence-corrected chi connectivity index (χ3v) is 5.59. The summed E-state index contributed by atoms with van der Waals surface area (Å²) in [6, 6.07) is 14.4. The summed E-state index contributed by atoms with van der Waals surface area (Å²) in [6.45, 7) is 1.96. The number of rotatable bonds is 4. The van der Waals surface area contributed by atoms with Crippen LogP contribution < -0.4 is 5.43 Å². The highest BCUT2D eigenvalue weighted by molar-refractivity contribution is 7.13. The Morgan fingerprint density at radius 1 is 1.12 bits per heavy atom. The molecule has 1 aliphatic carbocycles. The fourth-order valence-corrected chi connectivity index (χ4v) is 3.93. The normalized spacial score (nSPS) is 13.8. The van der Waals surface area contributed by atoms with E-state index in [0.717, 1.165) is 27.1 Å². The van der Waals surface area contributed by atoms with Crippen molar-refractivity contribution < 1.29 is 0 Å². The van der Waals surface area contributed by atoms with Crippen LogP contribution in [0.25, 0.3) is 10.6 Å². The van der Waals surface area contributed by atoms with Crippen LogP contribution >= 0.6 is 22.9 Å². The summed E-state index contributed by atoms with van der Waals surface area (Å²) in [5, 5.41) is 8.18. The van der Waals surface area contributed by atoms with Gasteiger partial charge in [-0.15, -0.1) is 11.3 Å². The van der Waals surface area contributed by atoms with Gasteiger partial charge in [-0.2, -0.15) is 5.10 Å². The molecule has 0 saturated heterocycles. The van der Waals surface area contributed by atoms with Crippen LogP contribution in [0.3, 0.4) is 0 Å². The zero-order chi connectivity index (χ0) is 17.2. The molecule has 5 heteroatoms. The highest BCUT2D eigenvalue weighted by Crippen LogP contribution is 2.30. The predicted octanol–water partition coefficient (Wildman–Crippen LogP) is 5.79. The summed E-state index contributed by atoms with van der Waals surface area (Å²) in [5.41, 5.74) is 9.13. The molecule has 2 aromatic carbocycles. The number of aromatic nitrogens is 1. The predicted molar refractivity (Wildman–Crippen MR) is 107 cm³/mol. The summed E-state index contributed by atoms with van der Waals surface area (Å²) in [4.78, 5) is 4.66. The molecule has 0 radical (unpaired) electrons. The van der Waals surface area contributed by atoms with Crippen molar-refractivity contribution in [3.05, 3.63) is 69.6 Å². The summed E-state index contributed by atoms with van der Waals surface area (Å²) < 4.78 is 0. The molecule has 0 fully saturated rings. The number of thiazole rings is 1. The Morgan fingerprint density at radius 2 is 1.92 bits per heavy atom. The van der Waals surface area contributed by atoms with E-state index in [4.69, 9.17) is 11.6 Å².